The smallest absolute Gasteiger partial charge is 0.317 e. The average Bonchev–Trinajstić information content (AvgIpc) is 2.39. The summed E-state index contributed by atoms with van der Waals surface area (Å²) in [6.45, 7) is 1.87. The number of urea groups is 1. The van der Waals surface area contributed by atoms with Crippen molar-refractivity contribution in [2.45, 2.75) is 18.9 Å². The highest BCUT2D eigenvalue weighted by atomic mass is 16.7. The molecule has 0 spiro atoms. The number of hydroxylamine groups is 1. The van der Waals surface area contributed by atoms with E-state index in [1.807, 2.05) is 30.3 Å². The minimum Gasteiger partial charge on any atom is -0.317 e. The molecule has 1 heterocycles. The molecule has 1 saturated heterocycles. The van der Waals surface area contributed by atoms with Crippen molar-refractivity contribution in [2.24, 2.45) is 0 Å². The van der Waals surface area contributed by atoms with Gasteiger partial charge in [0.15, 0.2) is 0 Å². The van der Waals surface area contributed by atoms with Crippen LogP contribution in [0.4, 0.5) is 10.5 Å². The van der Waals surface area contributed by atoms with E-state index in [9.17, 15) is 4.79 Å². The molecular formula is C12H17N3O2. The quantitative estimate of drug-likeness (QED) is 0.696. The molecule has 2 amide bonds. The first-order valence-electron chi connectivity index (χ1n) is 5.83. The summed E-state index contributed by atoms with van der Waals surface area (Å²) >= 11 is 0. The molecular weight excluding hydrogens is 218 g/mol. The molecule has 3 N–H and O–H groups in total. The summed E-state index contributed by atoms with van der Waals surface area (Å²) in [5.74, 6) is 0. The van der Waals surface area contributed by atoms with Gasteiger partial charge in [0.1, 0.15) is 0 Å². The predicted octanol–water partition coefficient (Wildman–Crippen LogP) is 1.49. The maximum Gasteiger partial charge on any atom is 0.343 e. The van der Waals surface area contributed by atoms with Crippen LogP contribution < -0.4 is 16.1 Å². The summed E-state index contributed by atoms with van der Waals surface area (Å²) in [5.41, 5.74) is 3.17. The number of amides is 2. The predicted molar refractivity (Wildman–Crippen MR) is 65.6 cm³/mol. The number of nitrogens with one attached hydrogen (secondary N) is 3. The number of carbonyl (C=O) groups excluding carboxylic acids is 1. The van der Waals surface area contributed by atoms with Crippen LogP contribution >= 0.6 is 0 Å². The fraction of sp³-hybridized carbons (Fsp3) is 0.417. The number of benzene rings is 1. The van der Waals surface area contributed by atoms with E-state index in [2.05, 4.69) is 16.1 Å². The molecule has 0 aliphatic carbocycles. The number of para-hydroxylation sites is 1. The molecule has 5 heteroatoms. The monoisotopic (exact) mass is 235 g/mol. The van der Waals surface area contributed by atoms with Gasteiger partial charge in [0.2, 0.25) is 0 Å². The van der Waals surface area contributed by atoms with Gasteiger partial charge in [-0.2, -0.15) is 0 Å². The lowest BCUT2D eigenvalue weighted by atomic mass is 10.1. The number of hydrogen-bond donors (Lipinski definition) is 3. The van der Waals surface area contributed by atoms with E-state index in [4.69, 9.17) is 4.84 Å². The third kappa shape index (κ3) is 4.05. The molecule has 92 valence electrons. The number of hydrogen-bond acceptors (Lipinski definition) is 3. The zero-order chi connectivity index (χ0) is 11.9. The van der Waals surface area contributed by atoms with E-state index in [-0.39, 0.29) is 12.1 Å². The zero-order valence-corrected chi connectivity index (χ0v) is 9.61. The largest absolute Gasteiger partial charge is 0.343 e. The first-order valence-corrected chi connectivity index (χ1v) is 5.83. The Morgan fingerprint density at radius 1 is 1.24 bits per heavy atom. The molecule has 0 atom stereocenters. The lowest BCUT2D eigenvalue weighted by Crippen LogP contribution is -2.38. The standard InChI is InChI=1S/C12H17N3O2/c16-12(14-10-4-2-1-3-5-10)15-17-11-6-8-13-9-7-11/h1-5,11,13H,6-9H2,(H2,14,15,16). The highest BCUT2D eigenvalue weighted by Crippen LogP contribution is 2.06. The Bertz CT molecular complexity index is 350. The molecule has 1 aromatic rings. The van der Waals surface area contributed by atoms with Crippen molar-refractivity contribution in [1.29, 1.82) is 0 Å². The summed E-state index contributed by atoms with van der Waals surface area (Å²) in [6, 6.07) is 8.93. The Kier molecular flexibility index (Phi) is 4.35. The second-order valence-electron chi connectivity index (χ2n) is 3.99. The molecule has 0 aromatic heterocycles. The molecule has 0 saturated carbocycles. The number of carbonyl (C=O) groups is 1. The topological polar surface area (TPSA) is 62.4 Å². The molecule has 17 heavy (non-hydrogen) atoms. The van der Waals surface area contributed by atoms with Crippen molar-refractivity contribution in [3.63, 3.8) is 0 Å². The van der Waals surface area contributed by atoms with Crippen LogP contribution in [0.25, 0.3) is 0 Å². The lowest BCUT2D eigenvalue weighted by Gasteiger charge is -2.22. The lowest BCUT2D eigenvalue weighted by molar-refractivity contribution is -0.0162. The van der Waals surface area contributed by atoms with Crippen LogP contribution in [0, 0.1) is 0 Å². The average molecular weight is 235 g/mol. The van der Waals surface area contributed by atoms with Crippen molar-refractivity contribution in [3.8, 4) is 0 Å². The summed E-state index contributed by atoms with van der Waals surface area (Å²) in [5, 5.41) is 5.92. The van der Waals surface area contributed by atoms with Gasteiger partial charge in [-0.15, -0.1) is 0 Å². The highest BCUT2D eigenvalue weighted by Gasteiger charge is 2.14. The van der Waals surface area contributed by atoms with E-state index < -0.39 is 0 Å². The van der Waals surface area contributed by atoms with Crippen LogP contribution in [0.2, 0.25) is 0 Å². The zero-order valence-electron chi connectivity index (χ0n) is 9.61. The van der Waals surface area contributed by atoms with Crippen LogP contribution in [-0.2, 0) is 4.84 Å². The van der Waals surface area contributed by atoms with Crippen molar-refractivity contribution >= 4 is 11.7 Å². The molecule has 1 aliphatic heterocycles. The summed E-state index contributed by atoms with van der Waals surface area (Å²) < 4.78 is 0. The molecule has 2 rings (SSSR count). The Morgan fingerprint density at radius 2 is 1.94 bits per heavy atom. The van der Waals surface area contributed by atoms with Gasteiger partial charge in [0, 0.05) is 5.69 Å². The van der Waals surface area contributed by atoms with E-state index in [0.717, 1.165) is 31.6 Å². The van der Waals surface area contributed by atoms with Gasteiger partial charge in [0.25, 0.3) is 0 Å². The van der Waals surface area contributed by atoms with Gasteiger partial charge in [-0.05, 0) is 38.1 Å². The third-order valence-corrected chi connectivity index (χ3v) is 2.64. The minimum atomic E-state index is -0.338. The second-order valence-corrected chi connectivity index (χ2v) is 3.99. The molecule has 0 bridgehead atoms. The first kappa shape index (κ1) is 11.9. The van der Waals surface area contributed by atoms with Gasteiger partial charge in [-0.25, -0.2) is 10.3 Å². The number of piperidine rings is 1. The minimum absolute atomic E-state index is 0.109. The molecule has 1 aliphatic rings. The SMILES string of the molecule is O=C(NOC1CCNCC1)Nc1ccccc1. The molecule has 0 unspecified atom stereocenters. The van der Waals surface area contributed by atoms with Gasteiger partial charge >= 0.3 is 6.03 Å². The number of anilines is 1. The maximum absolute atomic E-state index is 11.5. The van der Waals surface area contributed by atoms with E-state index in [1.165, 1.54) is 0 Å². The van der Waals surface area contributed by atoms with Crippen LogP contribution in [0.15, 0.2) is 30.3 Å². The second kappa shape index (κ2) is 6.22. The normalized spacial score (nSPS) is 16.5. The first-order chi connectivity index (χ1) is 8.34. The van der Waals surface area contributed by atoms with Crippen molar-refractivity contribution in [1.82, 2.24) is 10.8 Å². The van der Waals surface area contributed by atoms with E-state index in [0.29, 0.717) is 0 Å². The van der Waals surface area contributed by atoms with E-state index >= 15 is 0 Å². The Balaban J connectivity index is 1.70. The third-order valence-electron chi connectivity index (χ3n) is 2.64. The van der Waals surface area contributed by atoms with Gasteiger partial charge in [-0.1, -0.05) is 18.2 Å². The number of rotatable bonds is 3. The van der Waals surface area contributed by atoms with Crippen LogP contribution in [0.1, 0.15) is 12.8 Å². The molecule has 1 fully saturated rings. The highest BCUT2D eigenvalue weighted by molar-refractivity contribution is 5.88. The van der Waals surface area contributed by atoms with Crippen molar-refractivity contribution < 1.29 is 9.63 Å². The molecule has 5 nitrogen and oxygen atoms in total. The fourth-order valence-corrected chi connectivity index (χ4v) is 1.73. The summed E-state index contributed by atoms with van der Waals surface area (Å²) in [6.07, 6.45) is 1.95. The molecule has 1 aromatic carbocycles. The van der Waals surface area contributed by atoms with Gasteiger partial charge in [0.05, 0.1) is 6.10 Å². The van der Waals surface area contributed by atoms with Gasteiger partial charge in [-0.3, -0.25) is 4.84 Å². The van der Waals surface area contributed by atoms with Crippen molar-refractivity contribution in [3.05, 3.63) is 30.3 Å². The summed E-state index contributed by atoms with van der Waals surface area (Å²) in [4.78, 5) is 16.8. The van der Waals surface area contributed by atoms with Crippen molar-refractivity contribution in [2.75, 3.05) is 18.4 Å². The fourth-order valence-electron chi connectivity index (χ4n) is 1.73. The van der Waals surface area contributed by atoms with Crippen LogP contribution in [0.3, 0.4) is 0 Å². The molecule has 0 radical (unpaired) electrons. The summed E-state index contributed by atoms with van der Waals surface area (Å²) in [7, 11) is 0. The van der Waals surface area contributed by atoms with E-state index in [1.54, 1.807) is 0 Å². The van der Waals surface area contributed by atoms with Crippen LogP contribution in [0.5, 0.6) is 0 Å². The Labute approximate surface area is 100 Å². The maximum atomic E-state index is 11.5. The van der Waals surface area contributed by atoms with Gasteiger partial charge < -0.3 is 10.6 Å². The van der Waals surface area contributed by atoms with Crippen LogP contribution in [-0.4, -0.2) is 25.2 Å². The Hall–Kier alpha value is -1.59. The Morgan fingerprint density at radius 3 is 2.65 bits per heavy atom.